The molecule has 1 unspecified atom stereocenters. The van der Waals surface area contributed by atoms with Crippen molar-refractivity contribution >= 4 is 5.91 Å². The van der Waals surface area contributed by atoms with E-state index in [9.17, 15) is 4.79 Å². The number of nitrogens with zero attached hydrogens (tertiary/aromatic N) is 3. The number of aromatic nitrogens is 2. The molecule has 0 saturated carbocycles. The summed E-state index contributed by atoms with van der Waals surface area (Å²) >= 11 is 0. The average Bonchev–Trinajstić information content (AvgIpc) is 3.02. The zero-order valence-electron chi connectivity index (χ0n) is 13.2. The van der Waals surface area contributed by atoms with E-state index < -0.39 is 0 Å². The fourth-order valence-corrected chi connectivity index (χ4v) is 2.65. The van der Waals surface area contributed by atoms with E-state index in [1.165, 1.54) is 7.11 Å². The number of carbonyl (C=O) groups excluding carboxylic acids is 1. The van der Waals surface area contributed by atoms with Crippen LogP contribution in [-0.4, -0.2) is 47.1 Å². The molecular weight excluding hydrogens is 294 g/mol. The third kappa shape index (κ3) is 3.41. The summed E-state index contributed by atoms with van der Waals surface area (Å²) in [5.41, 5.74) is 1.39. The van der Waals surface area contributed by atoms with E-state index in [1.807, 2.05) is 25.1 Å². The third-order valence-corrected chi connectivity index (χ3v) is 3.78. The number of carbonyl (C=O) groups is 1. The van der Waals surface area contributed by atoms with Crippen LogP contribution in [-0.2, 0) is 0 Å². The minimum absolute atomic E-state index is 0.0454. The van der Waals surface area contributed by atoms with Gasteiger partial charge in [-0.2, -0.15) is 0 Å². The summed E-state index contributed by atoms with van der Waals surface area (Å²) in [6.45, 7) is 3.10. The predicted molar refractivity (Wildman–Crippen MR) is 84.7 cm³/mol. The topological polar surface area (TPSA) is 64.5 Å². The molecule has 1 aliphatic rings. The van der Waals surface area contributed by atoms with E-state index in [0.717, 1.165) is 12.1 Å². The zero-order valence-corrected chi connectivity index (χ0v) is 13.2. The molecule has 2 aromatic rings. The highest BCUT2D eigenvalue weighted by atomic mass is 16.5. The Morgan fingerprint density at radius 2 is 2.17 bits per heavy atom. The standard InChI is InChI=1S/C17H19N3O3/c1-12-5-3-7-15(19-12)23-13-8-10-20(11-13)17(21)14-6-4-9-18-16(14)22-2/h3-7,9,13H,8,10-11H2,1-2H3. The highest BCUT2D eigenvalue weighted by molar-refractivity contribution is 5.96. The summed E-state index contributed by atoms with van der Waals surface area (Å²) in [6, 6.07) is 9.13. The van der Waals surface area contributed by atoms with Crippen molar-refractivity contribution < 1.29 is 14.3 Å². The third-order valence-electron chi connectivity index (χ3n) is 3.78. The number of rotatable bonds is 4. The van der Waals surface area contributed by atoms with Gasteiger partial charge in [-0.1, -0.05) is 6.07 Å². The molecule has 120 valence electrons. The summed E-state index contributed by atoms with van der Waals surface area (Å²) in [7, 11) is 1.51. The summed E-state index contributed by atoms with van der Waals surface area (Å²) in [5.74, 6) is 0.865. The maximum atomic E-state index is 12.6. The molecule has 1 amide bonds. The predicted octanol–water partition coefficient (Wildman–Crippen LogP) is 2.09. The number of hydrogen-bond acceptors (Lipinski definition) is 5. The molecule has 1 saturated heterocycles. The van der Waals surface area contributed by atoms with E-state index in [1.54, 1.807) is 23.2 Å². The fourth-order valence-electron chi connectivity index (χ4n) is 2.65. The Morgan fingerprint density at radius 1 is 1.30 bits per heavy atom. The van der Waals surface area contributed by atoms with Gasteiger partial charge in [-0.3, -0.25) is 4.79 Å². The van der Waals surface area contributed by atoms with Crippen LogP contribution >= 0.6 is 0 Å². The average molecular weight is 313 g/mol. The van der Waals surface area contributed by atoms with Crippen molar-refractivity contribution in [3.63, 3.8) is 0 Å². The number of pyridine rings is 2. The van der Waals surface area contributed by atoms with E-state index in [2.05, 4.69) is 9.97 Å². The summed E-state index contributed by atoms with van der Waals surface area (Å²) in [6.07, 6.45) is 2.34. The van der Waals surface area contributed by atoms with Crippen molar-refractivity contribution in [3.8, 4) is 11.8 Å². The van der Waals surface area contributed by atoms with Crippen molar-refractivity contribution in [1.82, 2.24) is 14.9 Å². The number of aryl methyl sites for hydroxylation is 1. The lowest BCUT2D eigenvalue weighted by Crippen LogP contribution is -2.31. The first-order chi connectivity index (χ1) is 11.2. The molecule has 6 nitrogen and oxygen atoms in total. The monoisotopic (exact) mass is 313 g/mol. The van der Waals surface area contributed by atoms with Crippen LogP contribution in [0.5, 0.6) is 11.8 Å². The Labute approximate surface area is 135 Å². The van der Waals surface area contributed by atoms with Crippen molar-refractivity contribution in [2.45, 2.75) is 19.4 Å². The van der Waals surface area contributed by atoms with Gasteiger partial charge < -0.3 is 14.4 Å². The molecule has 2 aromatic heterocycles. The lowest BCUT2D eigenvalue weighted by atomic mass is 10.2. The molecule has 1 aliphatic heterocycles. The van der Waals surface area contributed by atoms with E-state index in [0.29, 0.717) is 30.4 Å². The van der Waals surface area contributed by atoms with Gasteiger partial charge in [0.2, 0.25) is 11.8 Å². The maximum absolute atomic E-state index is 12.6. The van der Waals surface area contributed by atoms with Gasteiger partial charge in [-0.05, 0) is 25.1 Å². The van der Waals surface area contributed by atoms with Crippen molar-refractivity contribution in [2.24, 2.45) is 0 Å². The molecule has 6 heteroatoms. The van der Waals surface area contributed by atoms with E-state index in [4.69, 9.17) is 9.47 Å². The highest BCUT2D eigenvalue weighted by Gasteiger charge is 2.30. The van der Waals surface area contributed by atoms with E-state index in [-0.39, 0.29) is 12.0 Å². The molecule has 3 heterocycles. The Kier molecular flexibility index (Phi) is 4.41. The molecule has 0 radical (unpaired) electrons. The van der Waals surface area contributed by atoms with Gasteiger partial charge >= 0.3 is 0 Å². The van der Waals surface area contributed by atoms with Crippen molar-refractivity contribution in [3.05, 3.63) is 47.8 Å². The minimum atomic E-state index is -0.0850. The number of likely N-dealkylation sites (tertiary alicyclic amines) is 1. The van der Waals surface area contributed by atoms with Gasteiger partial charge in [0.1, 0.15) is 11.7 Å². The Bertz CT molecular complexity index is 705. The summed E-state index contributed by atoms with van der Waals surface area (Å²) < 4.78 is 11.0. The van der Waals surface area contributed by atoms with Crippen LogP contribution < -0.4 is 9.47 Å². The molecule has 3 rings (SSSR count). The first-order valence-electron chi connectivity index (χ1n) is 7.56. The van der Waals surface area contributed by atoms with Crippen LogP contribution in [0.25, 0.3) is 0 Å². The first-order valence-corrected chi connectivity index (χ1v) is 7.56. The van der Waals surface area contributed by atoms with Gasteiger partial charge in [0.25, 0.3) is 5.91 Å². The van der Waals surface area contributed by atoms with E-state index >= 15 is 0 Å². The molecule has 1 atom stereocenters. The van der Waals surface area contributed by atoms with Gasteiger partial charge in [0.05, 0.1) is 13.7 Å². The van der Waals surface area contributed by atoms with Crippen LogP contribution in [0.2, 0.25) is 0 Å². The van der Waals surface area contributed by atoms with Crippen molar-refractivity contribution in [1.29, 1.82) is 0 Å². The zero-order chi connectivity index (χ0) is 16.2. The number of hydrogen-bond donors (Lipinski definition) is 0. The molecule has 0 bridgehead atoms. The van der Waals surface area contributed by atoms with Gasteiger partial charge in [0, 0.05) is 30.9 Å². The Hall–Kier alpha value is -2.63. The normalized spacial score (nSPS) is 17.1. The Morgan fingerprint density at radius 3 is 2.96 bits per heavy atom. The number of methoxy groups -OCH3 is 1. The van der Waals surface area contributed by atoms with Crippen molar-refractivity contribution in [2.75, 3.05) is 20.2 Å². The molecule has 0 spiro atoms. The first kappa shape index (κ1) is 15.3. The fraction of sp³-hybridized carbons (Fsp3) is 0.353. The number of amides is 1. The lowest BCUT2D eigenvalue weighted by Gasteiger charge is -2.18. The maximum Gasteiger partial charge on any atom is 0.259 e. The second kappa shape index (κ2) is 6.64. The molecule has 1 fully saturated rings. The second-order valence-corrected chi connectivity index (χ2v) is 5.46. The Balaban J connectivity index is 1.66. The highest BCUT2D eigenvalue weighted by Crippen LogP contribution is 2.22. The van der Waals surface area contributed by atoms with Gasteiger partial charge in [-0.15, -0.1) is 0 Å². The van der Waals surface area contributed by atoms with Crippen LogP contribution in [0.15, 0.2) is 36.5 Å². The SMILES string of the molecule is COc1ncccc1C(=O)N1CCC(Oc2cccc(C)n2)C1. The van der Waals surface area contributed by atoms with Gasteiger partial charge in [-0.25, -0.2) is 9.97 Å². The summed E-state index contributed by atoms with van der Waals surface area (Å²) in [4.78, 5) is 22.8. The van der Waals surface area contributed by atoms with Crippen LogP contribution in [0.4, 0.5) is 0 Å². The molecular formula is C17H19N3O3. The van der Waals surface area contributed by atoms with Crippen LogP contribution in [0.3, 0.4) is 0 Å². The quantitative estimate of drug-likeness (QED) is 0.865. The largest absolute Gasteiger partial charge is 0.480 e. The molecule has 23 heavy (non-hydrogen) atoms. The lowest BCUT2D eigenvalue weighted by molar-refractivity contribution is 0.0767. The van der Waals surface area contributed by atoms with Crippen LogP contribution in [0, 0.1) is 6.92 Å². The number of ether oxygens (including phenoxy) is 2. The smallest absolute Gasteiger partial charge is 0.259 e. The molecule has 0 aliphatic carbocycles. The molecule has 0 aromatic carbocycles. The molecule has 0 N–H and O–H groups in total. The van der Waals surface area contributed by atoms with Gasteiger partial charge in [0.15, 0.2) is 0 Å². The summed E-state index contributed by atoms with van der Waals surface area (Å²) in [5, 5.41) is 0. The van der Waals surface area contributed by atoms with Crippen LogP contribution in [0.1, 0.15) is 22.5 Å². The second-order valence-electron chi connectivity index (χ2n) is 5.46. The minimum Gasteiger partial charge on any atom is -0.480 e.